The first kappa shape index (κ1) is 22.6. The quantitative estimate of drug-likeness (QED) is 0.483. The average Bonchev–Trinajstić information content (AvgIpc) is 3.41. The molecule has 1 atom stereocenters. The summed E-state index contributed by atoms with van der Waals surface area (Å²) in [6, 6.07) is 3.96. The van der Waals surface area contributed by atoms with E-state index < -0.39 is 17.7 Å². The van der Waals surface area contributed by atoms with Gasteiger partial charge in [-0.15, -0.1) is 0 Å². The number of pyridine rings is 2. The molecule has 9 heteroatoms. The van der Waals surface area contributed by atoms with Crippen LogP contribution in [0.25, 0.3) is 22.3 Å². The molecule has 1 saturated carbocycles. The number of nitrogens with one attached hydrogen (secondary N) is 2. The zero-order valence-corrected chi connectivity index (χ0v) is 18.5. The molecular weight excluding hydrogens is 428 g/mol. The minimum Gasteiger partial charge on any atom is -0.466 e. The number of nitriles is 1. The monoisotopic (exact) mass is 453 g/mol. The predicted octanol–water partition coefficient (Wildman–Crippen LogP) is 5.09. The highest BCUT2D eigenvalue weighted by atomic mass is 19.1. The van der Waals surface area contributed by atoms with E-state index in [-0.39, 0.29) is 41.5 Å². The fourth-order valence-corrected chi connectivity index (χ4v) is 4.61. The topological polar surface area (TPSA) is 104 Å². The lowest BCUT2D eigenvalue weighted by Crippen LogP contribution is -2.39. The minimum atomic E-state index is -0.699. The van der Waals surface area contributed by atoms with Crippen LogP contribution in [0, 0.1) is 28.4 Å². The van der Waals surface area contributed by atoms with Crippen LogP contribution in [0.5, 0.6) is 0 Å². The Hall–Kier alpha value is -3.54. The molecule has 0 amide bonds. The SMILES string of the molecule is CCOC(=O)CC(Nc1nc(-c2c[nH]c3ncc(F)cc23)c(C#N)cc1F)C1(C)CCCC1. The number of anilines is 1. The van der Waals surface area contributed by atoms with Crippen molar-refractivity contribution in [2.75, 3.05) is 11.9 Å². The molecule has 2 N–H and O–H groups in total. The summed E-state index contributed by atoms with van der Waals surface area (Å²) in [4.78, 5) is 23.7. The van der Waals surface area contributed by atoms with E-state index in [1.54, 1.807) is 13.1 Å². The van der Waals surface area contributed by atoms with Gasteiger partial charge in [0.25, 0.3) is 0 Å². The van der Waals surface area contributed by atoms with Crippen molar-refractivity contribution in [2.45, 2.75) is 52.0 Å². The second-order valence-corrected chi connectivity index (χ2v) is 8.65. The minimum absolute atomic E-state index is 0.0113. The Labute approximate surface area is 190 Å². The van der Waals surface area contributed by atoms with Gasteiger partial charge >= 0.3 is 5.97 Å². The highest BCUT2D eigenvalue weighted by molar-refractivity contribution is 5.94. The highest BCUT2D eigenvalue weighted by Crippen LogP contribution is 2.43. The van der Waals surface area contributed by atoms with Gasteiger partial charge in [-0.1, -0.05) is 19.8 Å². The van der Waals surface area contributed by atoms with Crippen LogP contribution in [0.2, 0.25) is 0 Å². The molecule has 172 valence electrons. The predicted molar refractivity (Wildman–Crippen MR) is 119 cm³/mol. The average molecular weight is 453 g/mol. The lowest BCUT2D eigenvalue weighted by molar-refractivity contribution is -0.144. The largest absolute Gasteiger partial charge is 0.466 e. The van der Waals surface area contributed by atoms with E-state index in [9.17, 15) is 14.4 Å². The molecule has 1 aliphatic carbocycles. The number of rotatable bonds is 7. The molecule has 3 aromatic heterocycles. The zero-order chi connectivity index (χ0) is 23.6. The molecule has 0 bridgehead atoms. The number of hydrogen-bond acceptors (Lipinski definition) is 6. The van der Waals surface area contributed by atoms with Gasteiger partial charge in [0.2, 0.25) is 0 Å². The number of aromatic amines is 1. The van der Waals surface area contributed by atoms with Gasteiger partial charge in [-0.25, -0.2) is 18.7 Å². The van der Waals surface area contributed by atoms with Crippen LogP contribution in [0.1, 0.15) is 51.5 Å². The molecule has 0 saturated heterocycles. The van der Waals surface area contributed by atoms with Gasteiger partial charge in [0.05, 0.1) is 30.5 Å². The Morgan fingerprint density at radius 2 is 2.12 bits per heavy atom. The van der Waals surface area contributed by atoms with Crippen LogP contribution in [-0.2, 0) is 9.53 Å². The summed E-state index contributed by atoms with van der Waals surface area (Å²) in [6.07, 6.45) is 6.56. The standard InChI is InChI=1S/C24H25F2N5O2/c1-3-33-20(32)10-19(24(2)6-4-5-7-24)30-23-18(26)8-14(11-27)21(31-23)17-13-29-22-16(17)9-15(25)12-28-22/h8-9,12-13,19H,3-7,10H2,1-2H3,(H,28,29)(H,30,31). The maximum atomic E-state index is 15.0. The summed E-state index contributed by atoms with van der Waals surface area (Å²) in [7, 11) is 0. The molecule has 0 aromatic carbocycles. The summed E-state index contributed by atoms with van der Waals surface area (Å²) in [6.45, 7) is 4.08. The van der Waals surface area contributed by atoms with Crippen LogP contribution in [0.3, 0.4) is 0 Å². The first-order valence-corrected chi connectivity index (χ1v) is 11.0. The summed E-state index contributed by atoms with van der Waals surface area (Å²) in [5.41, 5.74) is 0.840. The third-order valence-electron chi connectivity index (χ3n) is 6.42. The zero-order valence-electron chi connectivity index (χ0n) is 18.5. The second-order valence-electron chi connectivity index (χ2n) is 8.65. The van der Waals surface area contributed by atoms with Crippen molar-refractivity contribution in [2.24, 2.45) is 5.41 Å². The molecule has 0 radical (unpaired) electrons. The number of ether oxygens (including phenoxy) is 1. The fourth-order valence-electron chi connectivity index (χ4n) is 4.61. The van der Waals surface area contributed by atoms with Crippen molar-refractivity contribution in [1.29, 1.82) is 5.26 Å². The van der Waals surface area contributed by atoms with Crippen molar-refractivity contribution in [3.63, 3.8) is 0 Å². The molecule has 33 heavy (non-hydrogen) atoms. The van der Waals surface area contributed by atoms with Crippen molar-refractivity contribution in [1.82, 2.24) is 15.0 Å². The Kier molecular flexibility index (Phi) is 6.27. The number of halogens is 2. The van der Waals surface area contributed by atoms with Gasteiger partial charge in [-0.05, 0) is 37.3 Å². The van der Waals surface area contributed by atoms with E-state index in [1.165, 1.54) is 6.07 Å². The number of fused-ring (bicyclic) bond motifs is 1. The maximum absolute atomic E-state index is 15.0. The van der Waals surface area contributed by atoms with Crippen LogP contribution in [-0.4, -0.2) is 33.6 Å². The summed E-state index contributed by atoms with van der Waals surface area (Å²) < 4.78 is 34.0. The van der Waals surface area contributed by atoms with E-state index in [2.05, 4.69) is 27.2 Å². The number of hydrogen-bond donors (Lipinski definition) is 2. The van der Waals surface area contributed by atoms with Crippen LogP contribution < -0.4 is 5.32 Å². The Morgan fingerprint density at radius 3 is 2.82 bits per heavy atom. The van der Waals surface area contributed by atoms with Gasteiger partial charge in [-0.2, -0.15) is 5.26 Å². The van der Waals surface area contributed by atoms with Crippen molar-refractivity contribution in [3.8, 4) is 17.3 Å². The molecule has 3 heterocycles. The van der Waals surface area contributed by atoms with E-state index in [0.717, 1.165) is 37.9 Å². The number of esters is 1. The number of carbonyl (C=O) groups excluding carboxylic acids is 1. The molecule has 4 rings (SSSR count). The van der Waals surface area contributed by atoms with Gasteiger partial charge < -0.3 is 15.0 Å². The fraction of sp³-hybridized carbons (Fsp3) is 0.417. The number of aromatic nitrogens is 3. The molecule has 3 aromatic rings. The number of nitrogens with zero attached hydrogens (tertiary/aromatic N) is 3. The van der Waals surface area contributed by atoms with Crippen molar-refractivity contribution in [3.05, 3.63) is 41.7 Å². The maximum Gasteiger partial charge on any atom is 0.307 e. The van der Waals surface area contributed by atoms with Gasteiger partial charge in [0, 0.05) is 23.2 Å². The van der Waals surface area contributed by atoms with Crippen LogP contribution >= 0.6 is 0 Å². The van der Waals surface area contributed by atoms with Gasteiger partial charge in [0.15, 0.2) is 11.6 Å². The first-order chi connectivity index (χ1) is 15.8. The summed E-state index contributed by atoms with van der Waals surface area (Å²) in [5.74, 6) is -1.67. The molecule has 0 spiro atoms. The van der Waals surface area contributed by atoms with E-state index >= 15 is 4.39 Å². The Balaban J connectivity index is 1.76. The first-order valence-electron chi connectivity index (χ1n) is 11.0. The summed E-state index contributed by atoms with van der Waals surface area (Å²) in [5, 5.41) is 13.2. The Bertz CT molecular complexity index is 1230. The highest BCUT2D eigenvalue weighted by Gasteiger charge is 2.39. The lowest BCUT2D eigenvalue weighted by atomic mass is 9.79. The van der Waals surface area contributed by atoms with E-state index in [0.29, 0.717) is 16.6 Å². The number of H-pyrrole nitrogens is 1. The molecule has 0 aliphatic heterocycles. The van der Waals surface area contributed by atoms with E-state index in [1.807, 2.05) is 6.07 Å². The molecule has 7 nitrogen and oxygen atoms in total. The van der Waals surface area contributed by atoms with Crippen molar-refractivity contribution >= 4 is 22.8 Å². The Morgan fingerprint density at radius 1 is 1.36 bits per heavy atom. The van der Waals surface area contributed by atoms with Gasteiger partial charge in [-0.3, -0.25) is 4.79 Å². The molecule has 1 unspecified atom stereocenters. The van der Waals surface area contributed by atoms with E-state index in [4.69, 9.17) is 4.74 Å². The smallest absolute Gasteiger partial charge is 0.307 e. The lowest BCUT2D eigenvalue weighted by Gasteiger charge is -2.34. The van der Waals surface area contributed by atoms with Crippen LogP contribution in [0.15, 0.2) is 24.5 Å². The normalized spacial score (nSPS) is 15.8. The van der Waals surface area contributed by atoms with Crippen LogP contribution in [0.4, 0.5) is 14.6 Å². The molecule has 1 fully saturated rings. The molecule has 1 aliphatic rings. The molecular formula is C24H25F2N5O2. The van der Waals surface area contributed by atoms with Gasteiger partial charge in [0.1, 0.15) is 17.5 Å². The number of carbonyl (C=O) groups is 1. The summed E-state index contributed by atoms with van der Waals surface area (Å²) >= 11 is 0. The van der Waals surface area contributed by atoms with Crippen molar-refractivity contribution < 1.29 is 18.3 Å². The third kappa shape index (κ3) is 4.51. The second kappa shape index (κ2) is 9.14. The third-order valence-corrected chi connectivity index (χ3v) is 6.42.